The molecule has 13 rings (SSSR count). The topological polar surface area (TPSA) is 9.72 Å². The van der Waals surface area contributed by atoms with E-state index in [1.54, 1.807) is 0 Å². The van der Waals surface area contributed by atoms with E-state index in [1.807, 2.05) is 0 Å². The van der Waals surface area contributed by atoms with Crippen molar-refractivity contribution in [1.29, 1.82) is 0 Å². The fourth-order valence-electron chi connectivity index (χ4n) is 16.1. The van der Waals surface area contributed by atoms with Gasteiger partial charge in [-0.15, -0.1) is 0 Å². The van der Waals surface area contributed by atoms with E-state index >= 15 is 0 Å². The second-order valence-corrected chi connectivity index (χ2v) is 33.2. The zero-order valence-corrected chi connectivity index (χ0v) is 56.9. The first-order valence-corrected chi connectivity index (χ1v) is 32.7. The molecule has 0 N–H and O–H groups in total. The van der Waals surface area contributed by atoms with Crippen LogP contribution in [0.5, 0.6) is 0 Å². The average molecular weight is 1160 g/mol. The molecule has 0 saturated carbocycles. The number of hydrogen-bond donors (Lipinski definition) is 0. The monoisotopic (exact) mass is 1160 g/mol. The second kappa shape index (κ2) is 19.7. The normalized spacial score (nSPS) is 16.7. The van der Waals surface area contributed by atoms with Gasteiger partial charge in [-0.05, 0) is 208 Å². The van der Waals surface area contributed by atoms with E-state index in [0.29, 0.717) is 0 Å². The van der Waals surface area contributed by atoms with Crippen molar-refractivity contribution in [3.63, 3.8) is 0 Å². The average Bonchev–Trinajstić information content (AvgIpc) is 0.976. The summed E-state index contributed by atoms with van der Waals surface area (Å²) in [7, 11) is 0. The maximum atomic E-state index is 2.76. The summed E-state index contributed by atoms with van der Waals surface area (Å²) in [5.41, 5.74) is 31.6. The molecule has 448 valence electrons. The number of fused-ring (bicyclic) bond motifs is 7. The lowest BCUT2D eigenvalue weighted by Gasteiger charge is -2.47. The summed E-state index contributed by atoms with van der Waals surface area (Å²) in [6.45, 7) is 50.1. The molecule has 0 spiro atoms. The molecule has 0 atom stereocenters. The van der Waals surface area contributed by atoms with Crippen molar-refractivity contribution in [1.82, 2.24) is 0 Å². The minimum atomic E-state index is -0.243. The highest BCUT2D eigenvalue weighted by Gasteiger charge is 2.50. The van der Waals surface area contributed by atoms with Gasteiger partial charge in [0.2, 0.25) is 0 Å². The molecule has 88 heavy (non-hydrogen) atoms. The minimum Gasteiger partial charge on any atom is -0.311 e. The summed E-state index contributed by atoms with van der Waals surface area (Å²) >= 11 is 0. The van der Waals surface area contributed by atoms with Crippen molar-refractivity contribution in [2.24, 2.45) is 0 Å². The van der Waals surface area contributed by atoms with Crippen molar-refractivity contribution in [2.45, 2.75) is 195 Å². The summed E-state index contributed by atoms with van der Waals surface area (Å²) in [6, 6.07) is 69.7. The highest BCUT2D eigenvalue weighted by atomic mass is 15.2. The molecule has 0 saturated heterocycles. The van der Waals surface area contributed by atoms with Gasteiger partial charge in [-0.3, -0.25) is 0 Å². The fraction of sp³-hybridized carbons (Fsp3) is 0.357. The van der Waals surface area contributed by atoms with E-state index < -0.39 is 0 Å². The lowest BCUT2D eigenvalue weighted by Crippen LogP contribution is -2.62. The number of nitrogens with zero attached hydrogens (tertiary/aromatic N) is 3. The molecule has 2 aliphatic heterocycles. The largest absolute Gasteiger partial charge is 0.311 e. The quantitative estimate of drug-likeness (QED) is 0.154. The van der Waals surface area contributed by atoms with Gasteiger partial charge >= 0.3 is 0 Å². The van der Waals surface area contributed by atoms with Crippen LogP contribution in [-0.4, -0.2) is 6.71 Å². The smallest absolute Gasteiger partial charge is 0.252 e. The van der Waals surface area contributed by atoms with E-state index in [2.05, 4.69) is 336 Å². The first-order chi connectivity index (χ1) is 41.1. The van der Waals surface area contributed by atoms with Crippen LogP contribution in [0.25, 0.3) is 11.1 Å². The van der Waals surface area contributed by atoms with Crippen LogP contribution in [0.2, 0.25) is 0 Å². The fourth-order valence-corrected chi connectivity index (χ4v) is 16.1. The molecule has 0 aromatic heterocycles. The maximum absolute atomic E-state index is 2.76. The maximum Gasteiger partial charge on any atom is 0.252 e. The van der Waals surface area contributed by atoms with Gasteiger partial charge in [0, 0.05) is 61.9 Å². The lowest BCUT2D eigenvalue weighted by molar-refractivity contribution is 0.403. The Bertz CT molecular complexity index is 4220. The molecule has 3 nitrogen and oxygen atoms in total. The number of hydrogen-bond acceptors (Lipinski definition) is 3. The molecule has 0 radical (unpaired) electrons. The van der Waals surface area contributed by atoms with Gasteiger partial charge in [-0.25, -0.2) is 0 Å². The molecule has 0 unspecified atom stereocenters. The number of benzene rings is 9. The van der Waals surface area contributed by atoms with Crippen LogP contribution in [-0.2, 0) is 43.3 Å². The Labute approximate surface area is 529 Å². The Kier molecular flexibility index (Phi) is 13.3. The first-order valence-electron chi connectivity index (χ1n) is 32.7. The molecule has 0 fully saturated rings. The van der Waals surface area contributed by atoms with Crippen LogP contribution in [0.3, 0.4) is 0 Å². The van der Waals surface area contributed by atoms with Crippen molar-refractivity contribution in [3.05, 3.63) is 237 Å². The predicted octanol–water partition coefficient (Wildman–Crippen LogP) is 21.3. The van der Waals surface area contributed by atoms with Crippen LogP contribution in [0.1, 0.15) is 206 Å². The summed E-state index contributed by atoms with van der Waals surface area (Å²) in [4.78, 5) is 7.96. The standard InChI is InChI=1S/C84H94BN3/c1-52-43-66-67(84(20,21)63-30-26-25-29-62(63)83(66,18)19)50-72(52)88-73-49-65-64(81(14,15)51-82(65,16)17)48-69(73)85-68-47-60(86(58-36-31-54(32-37-58)77(2,3)4)59-38-33-55(34-39-59)78(5,6)7)40-42-71(68)87(74-45-57(80(11,12)13)46-75(88)76(74)85)70-41-35-56(79(8,9)10)44-61(70)53-27-23-22-24-28-53/h22-50H,51H2,1-21H3. The van der Waals surface area contributed by atoms with Crippen molar-refractivity contribution >= 4 is 74.3 Å². The Morgan fingerprint density at radius 3 is 1.31 bits per heavy atom. The van der Waals surface area contributed by atoms with E-state index in [9.17, 15) is 0 Å². The molecule has 9 aromatic rings. The van der Waals surface area contributed by atoms with Gasteiger partial charge in [0.1, 0.15) is 0 Å². The van der Waals surface area contributed by atoms with Crippen molar-refractivity contribution in [2.75, 3.05) is 14.7 Å². The molecule has 0 bridgehead atoms. The third kappa shape index (κ3) is 9.42. The van der Waals surface area contributed by atoms with Crippen molar-refractivity contribution in [3.8, 4) is 11.1 Å². The first kappa shape index (κ1) is 59.4. The molecule has 0 amide bonds. The van der Waals surface area contributed by atoms with Gasteiger partial charge in [0.05, 0.1) is 5.69 Å². The van der Waals surface area contributed by atoms with E-state index in [4.69, 9.17) is 0 Å². The number of rotatable bonds is 6. The Morgan fingerprint density at radius 1 is 0.352 bits per heavy atom. The minimum absolute atomic E-state index is 0.0106. The Balaban J connectivity index is 1.17. The number of aryl methyl sites for hydroxylation is 1. The highest BCUT2D eigenvalue weighted by molar-refractivity contribution is 7.00. The zero-order valence-electron chi connectivity index (χ0n) is 56.9. The molecular formula is C84H94BN3. The molecular weight excluding hydrogens is 1060 g/mol. The van der Waals surface area contributed by atoms with E-state index in [0.717, 1.165) is 23.5 Å². The zero-order chi connectivity index (χ0) is 63.0. The van der Waals surface area contributed by atoms with Crippen LogP contribution in [0, 0.1) is 6.92 Å². The summed E-state index contributed by atoms with van der Waals surface area (Å²) < 4.78 is 0. The summed E-state index contributed by atoms with van der Waals surface area (Å²) in [5, 5.41) is 0. The van der Waals surface area contributed by atoms with Gasteiger partial charge in [-0.2, -0.15) is 0 Å². The Hall–Kier alpha value is -7.56. The van der Waals surface area contributed by atoms with Gasteiger partial charge in [-0.1, -0.05) is 236 Å². The molecule has 4 aliphatic rings. The lowest BCUT2D eigenvalue weighted by atomic mass is 9.33. The van der Waals surface area contributed by atoms with Crippen LogP contribution < -0.4 is 31.1 Å². The highest BCUT2D eigenvalue weighted by Crippen LogP contribution is 2.57. The number of anilines is 9. The predicted molar refractivity (Wildman–Crippen MR) is 381 cm³/mol. The van der Waals surface area contributed by atoms with Gasteiger partial charge < -0.3 is 14.7 Å². The third-order valence-electron chi connectivity index (χ3n) is 21.0. The second-order valence-electron chi connectivity index (χ2n) is 33.2. The van der Waals surface area contributed by atoms with E-state index in [1.165, 1.54) is 123 Å². The molecule has 9 aromatic carbocycles. The SMILES string of the molecule is Cc1cc2c(cc1N1c3cc4c(cc3B3c5cc(N(c6ccc(C(C)(C)C)cc6)c6ccc(C(C)(C)C)cc6)ccc5N(c5ccc(C(C)(C)C)cc5-c5ccccc5)c5cc(C(C)(C)C)cc1c53)C(C)(C)CC4(C)C)C(C)(C)c1ccccc1C2(C)C. The van der Waals surface area contributed by atoms with E-state index in [-0.39, 0.29) is 50.0 Å². The molecule has 4 heteroatoms. The van der Waals surface area contributed by atoms with Gasteiger partial charge in [0.25, 0.3) is 6.71 Å². The summed E-state index contributed by atoms with van der Waals surface area (Å²) in [5.74, 6) is 0. The molecule has 2 heterocycles. The molecule has 2 aliphatic carbocycles. The third-order valence-corrected chi connectivity index (χ3v) is 21.0. The van der Waals surface area contributed by atoms with Crippen LogP contribution >= 0.6 is 0 Å². The van der Waals surface area contributed by atoms with Crippen molar-refractivity contribution < 1.29 is 0 Å². The van der Waals surface area contributed by atoms with Crippen LogP contribution in [0.4, 0.5) is 51.2 Å². The summed E-state index contributed by atoms with van der Waals surface area (Å²) in [6.07, 6.45) is 1.08. The van der Waals surface area contributed by atoms with Gasteiger partial charge in [0.15, 0.2) is 0 Å². The Morgan fingerprint density at radius 2 is 0.784 bits per heavy atom. The van der Waals surface area contributed by atoms with Crippen LogP contribution in [0.15, 0.2) is 176 Å².